The van der Waals surface area contributed by atoms with Crippen LogP contribution in [0.2, 0.25) is 0 Å². The van der Waals surface area contributed by atoms with Gasteiger partial charge >= 0.3 is 0 Å². The first-order valence-electron chi connectivity index (χ1n) is 13.1. The van der Waals surface area contributed by atoms with Crippen LogP contribution in [0.1, 0.15) is 57.9 Å². The van der Waals surface area contributed by atoms with Crippen LogP contribution in [-0.2, 0) is 9.59 Å². The maximum absolute atomic E-state index is 13.3. The summed E-state index contributed by atoms with van der Waals surface area (Å²) >= 11 is 0. The van der Waals surface area contributed by atoms with Crippen molar-refractivity contribution >= 4 is 11.8 Å². The zero-order chi connectivity index (χ0) is 24.9. The number of fused-ring (bicyclic) bond motifs is 5. The van der Waals surface area contributed by atoms with Gasteiger partial charge in [0.25, 0.3) is 0 Å². The van der Waals surface area contributed by atoms with Crippen molar-refractivity contribution in [2.75, 3.05) is 19.7 Å². The molecule has 0 saturated heterocycles. The van der Waals surface area contributed by atoms with Gasteiger partial charge in [-0.15, -0.1) is 0 Å². The van der Waals surface area contributed by atoms with E-state index in [4.69, 9.17) is 4.74 Å². The Hall–Kier alpha value is -2.38. The summed E-state index contributed by atoms with van der Waals surface area (Å²) in [5.74, 6) is 1.65. The van der Waals surface area contributed by atoms with Crippen LogP contribution in [0.5, 0.6) is 5.75 Å². The molecule has 2 bridgehead atoms. The SMILES string of the molecule is CCC(=O)N(C[C@@H]1CC[C@H]2C[C@@H]1C2(C)C)[C@@H]1C=C(C(=O)NCCO)[C@@H]2c3ccccc3O[C@@H]2[C@H]1O. The highest BCUT2D eigenvalue weighted by Crippen LogP contribution is 2.61. The first kappa shape index (κ1) is 24.3. The van der Waals surface area contributed by atoms with Gasteiger partial charge in [-0.2, -0.15) is 0 Å². The Morgan fingerprint density at radius 1 is 1.23 bits per heavy atom. The average molecular weight is 483 g/mol. The smallest absolute Gasteiger partial charge is 0.247 e. The number of carbonyl (C=O) groups excluding carboxylic acids is 2. The van der Waals surface area contributed by atoms with Gasteiger partial charge < -0.3 is 25.2 Å². The van der Waals surface area contributed by atoms with Crippen LogP contribution in [0.4, 0.5) is 0 Å². The number of rotatable bonds is 7. The van der Waals surface area contributed by atoms with Gasteiger partial charge in [0.1, 0.15) is 18.0 Å². The molecule has 4 aliphatic carbocycles. The lowest BCUT2D eigenvalue weighted by molar-refractivity contribution is -0.146. The van der Waals surface area contributed by atoms with Crippen molar-refractivity contribution in [3.8, 4) is 5.75 Å². The molecule has 0 radical (unpaired) electrons. The summed E-state index contributed by atoms with van der Waals surface area (Å²) in [6.45, 7) is 7.10. The molecule has 1 aromatic rings. The molecule has 5 aliphatic rings. The fourth-order valence-corrected chi connectivity index (χ4v) is 7.22. The minimum atomic E-state index is -0.956. The lowest BCUT2D eigenvalue weighted by Gasteiger charge is -2.61. The average Bonchev–Trinajstić information content (AvgIpc) is 3.26. The van der Waals surface area contributed by atoms with Gasteiger partial charge in [0, 0.05) is 30.6 Å². The van der Waals surface area contributed by atoms with Crippen LogP contribution in [0.15, 0.2) is 35.9 Å². The second-order valence-corrected chi connectivity index (χ2v) is 11.3. The van der Waals surface area contributed by atoms with Crippen molar-refractivity contribution < 1.29 is 24.5 Å². The van der Waals surface area contributed by atoms with E-state index in [-0.39, 0.29) is 25.0 Å². The number of hydrogen-bond acceptors (Lipinski definition) is 5. The maximum Gasteiger partial charge on any atom is 0.247 e. The zero-order valence-electron chi connectivity index (χ0n) is 20.9. The summed E-state index contributed by atoms with van der Waals surface area (Å²) in [5.41, 5.74) is 1.65. The molecule has 7 nitrogen and oxygen atoms in total. The summed E-state index contributed by atoms with van der Waals surface area (Å²) in [4.78, 5) is 28.3. The predicted molar refractivity (Wildman–Crippen MR) is 132 cm³/mol. The van der Waals surface area contributed by atoms with Crippen LogP contribution < -0.4 is 10.1 Å². The summed E-state index contributed by atoms with van der Waals surface area (Å²) in [6.07, 6.45) is 4.01. The van der Waals surface area contributed by atoms with Crippen molar-refractivity contribution in [3.63, 3.8) is 0 Å². The van der Waals surface area contributed by atoms with Crippen LogP contribution in [0.25, 0.3) is 0 Å². The third-order valence-electron chi connectivity index (χ3n) is 9.29. The molecular weight excluding hydrogens is 444 g/mol. The zero-order valence-corrected chi connectivity index (χ0v) is 20.9. The molecule has 3 fully saturated rings. The molecule has 35 heavy (non-hydrogen) atoms. The Morgan fingerprint density at radius 2 is 2.00 bits per heavy atom. The third kappa shape index (κ3) is 3.97. The van der Waals surface area contributed by atoms with Crippen molar-refractivity contribution in [1.82, 2.24) is 10.2 Å². The van der Waals surface area contributed by atoms with E-state index in [0.717, 1.165) is 17.9 Å². The Kier molecular flexibility index (Phi) is 6.43. The highest BCUT2D eigenvalue weighted by molar-refractivity contribution is 5.96. The normalized spacial score (nSPS) is 34.0. The number of aliphatic hydroxyl groups excluding tert-OH is 2. The molecule has 0 aromatic heterocycles. The van der Waals surface area contributed by atoms with Gasteiger partial charge in [-0.05, 0) is 54.6 Å². The van der Waals surface area contributed by atoms with Gasteiger partial charge in [-0.3, -0.25) is 9.59 Å². The quantitative estimate of drug-likeness (QED) is 0.555. The molecule has 3 saturated carbocycles. The van der Waals surface area contributed by atoms with Crippen LogP contribution in [0, 0.1) is 23.2 Å². The highest BCUT2D eigenvalue weighted by Gasteiger charge is 2.55. The lowest BCUT2D eigenvalue weighted by atomic mass is 9.45. The van der Waals surface area contributed by atoms with Crippen molar-refractivity contribution in [1.29, 1.82) is 0 Å². The Morgan fingerprint density at radius 3 is 2.69 bits per heavy atom. The summed E-state index contributed by atoms with van der Waals surface area (Å²) in [5, 5.41) is 23.6. The largest absolute Gasteiger partial charge is 0.486 e. The van der Waals surface area contributed by atoms with E-state index in [1.165, 1.54) is 12.8 Å². The molecule has 2 amide bonds. The van der Waals surface area contributed by atoms with Gasteiger partial charge in [0.2, 0.25) is 11.8 Å². The molecule has 1 heterocycles. The van der Waals surface area contributed by atoms with E-state index in [9.17, 15) is 19.8 Å². The topological polar surface area (TPSA) is 99.1 Å². The van der Waals surface area contributed by atoms with Gasteiger partial charge in [0.05, 0.1) is 18.6 Å². The van der Waals surface area contributed by atoms with Crippen molar-refractivity contribution in [2.45, 2.75) is 70.6 Å². The maximum atomic E-state index is 13.3. The molecule has 190 valence electrons. The fraction of sp³-hybridized carbons (Fsp3) is 0.643. The van der Waals surface area contributed by atoms with Crippen LogP contribution in [0.3, 0.4) is 0 Å². The Bertz CT molecular complexity index is 1020. The Balaban J connectivity index is 1.49. The number of para-hydroxylation sites is 1. The van der Waals surface area contributed by atoms with Gasteiger partial charge in [-0.1, -0.05) is 39.0 Å². The molecule has 0 spiro atoms. The second kappa shape index (κ2) is 9.25. The number of amides is 2. The number of benzene rings is 1. The van der Waals surface area contributed by atoms with E-state index in [1.54, 1.807) is 6.08 Å². The van der Waals surface area contributed by atoms with E-state index in [2.05, 4.69) is 19.2 Å². The van der Waals surface area contributed by atoms with Crippen LogP contribution in [-0.4, -0.2) is 64.9 Å². The number of carbonyl (C=O) groups is 2. The van der Waals surface area contributed by atoms with E-state index >= 15 is 0 Å². The lowest BCUT2D eigenvalue weighted by Crippen LogP contribution is -2.59. The summed E-state index contributed by atoms with van der Waals surface area (Å²) in [6, 6.07) is 6.90. The van der Waals surface area contributed by atoms with Crippen molar-refractivity contribution in [2.24, 2.45) is 23.2 Å². The molecule has 3 N–H and O–H groups in total. The van der Waals surface area contributed by atoms with E-state index < -0.39 is 24.2 Å². The fourth-order valence-electron chi connectivity index (χ4n) is 7.22. The summed E-state index contributed by atoms with van der Waals surface area (Å²) < 4.78 is 6.20. The molecule has 1 aliphatic heterocycles. The number of ether oxygens (including phenoxy) is 1. The van der Waals surface area contributed by atoms with E-state index in [1.807, 2.05) is 36.1 Å². The Labute approximate surface area is 207 Å². The predicted octanol–water partition coefficient (Wildman–Crippen LogP) is 2.62. The van der Waals surface area contributed by atoms with Gasteiger partial charge in [0.15, 0.2) is 0 Å². The monoisotopic (exact) mass is 482 g/mol. The first-order valence-corrected chi connectivity index (χ1v) is 13.1. The van der Waals surface area contributed by atoms with Gasteiger partial charge in [-0.25, -0.2) is 0 Å². The van der Waals surface area contributed by atoms with Crippen LogP contribution >= 0.6 is 0 Å². The molecule has 6 rings (SSSR count). The van der Waals surface area contributed by atoms with E-state index in [0.29, 0.717) is 41.5 Å². The van der Waals surface area contributed by atoms with Crippen molar-refractivity contribution in [3.05, 3.63) is 41.5 Å². The minimum absolute atomic E-state index is 0.0198. The number of nitrogens with one attached hydrogen (secondary N) is 1. The third-order valence-corrected chi connectivity index (χ3v) is 9.29. The highest BCUT2D eigenvalue weighted by atomic mass is 16.5. The number of hydrogen-bond donors (Lipinski definition) is 3. The molecule has 0 unspecified atom stereocenters. The molecule has 7 heteroatoms. The summed E-state index contributed by atoms with van der Waals surface area (Å²) in [7, 11) is 0. The number of nitrogens with zero attached hydrogens (tertiary/aromatic N) is 1. The minimum Gasteiger partial charge on any atom is -0.486 e. The molecular formula is C28H38N2O5. The number of aliphatic hydroxyl groups is 2. The standard InChI is InChI=1S/C28H38N2O5/c1-4-23(32)30(15-16-9-10-17-13-20(16)28(17,2)3)21-14-19(27(34)29-11-12-31)24-18-7-5-6-8-22(18)35-26(24)25(21)33/h5-8,14,16-17,20-21,24-26,31,33H,4,9-13,15H2,1-3H3,(H,29,34)/t16-,17-,20-,21+,24-,25-,26-/m0/s1. The first-order chi connectivity index (χ1) is 16.8. The second-order valence-electron chi connectivity index (χ2n) is 11.3. The molecule has 7 atom stereocenters. The molecule has 1 aromatic carbocycles.